The molecule has 5 amide bonds. The maximum atomic E-state index is 16.6. The molecule has 15 nitrogen and oxygen atoms in total. The second kappa shape index (κ2) is 19.5. The summed E-state index contributed by atoms with van der Waals surface area (Å²) >= 11 is 6.76. The Balaban J connectivity index is 0.728. The second-order valence-corrected chi connectivity index (χ2v) is 21.9. The van der Waals surface area contributed by atoms with Crippen molar-refractivity contribution in [3.05, 3.63) is 106 Å². The number of anilines is 1. The van der Waals surface area contributed by atoms with E-state index >= 15 is 8.78 Å². The number of carbonyl (C=O) groups excluding carboxylic acids is 4. The summed E-state index contributed by atoms with van der Waals surface area (Å²) in [6.07, 6.45) is 8.83. The number of urea groups is 1. The standard InChI is InChI=1S/C56H63ClF2N8O7/c1-33-45-43(31-40(58)48(57)47(45)46-39(50(60)70)10-11-42(49(46)59)73-29-28-68)74-56(33,36-6-4-3-5-7-36)21-22-61-55-19-17-54(32-55,18-20-55)52(71)66-25-14-37(15-26-66)65-23-12-34(13-24-65)35-8-9-38-41(30-35)64(2)63-51(38)67-27-16-44(69)62-53(67)72/h3-11,30-31,33-34,37,61,68H,12-29,32H2,1-2H3,(H2,60,70)(H,62,69,72)/t33-,54?,55?,56-/m0/s1. The number of primary amides is 1. The highest BCUT2D eigenvalue weighted by atomic mass is 35.5. The summed E-state index contributed by atoms with van der Waals surface area (Å²) < 4.78 is 46.7. The van der Waals surface area contributed by atoms with Crippen LogP contribution in [0.3, 0.4) is 0 Å². The van der Waals surface area contributed by atoms with E-state index in [1.165, 1.54) is 23.8 Å². The molecule has 74 heavy (non-hydrogen) atoms. The van der Waals surface area contributed by atoms with Gasteiger partial charge in [-0.25, -0.2) is 13.6 Å². The van der Waals surface area contributed by atoms with Gasteiger partial charge in [-0.2, -0.15) is 5.10 Å². The highest BCUT2D eigenvalue weighted by Gasteiger charge is 2.59. The Bertz CT molecular complexity index is 3040. The van der Waals surface area contributed by atoms with Crippen molar-refractivity contribution < 1.29 is 42.5 Å². The Morgan fingerprint density at radius 3 is 2.41 bits per heavy atom. The monoisotopic (exact) mass is 1030 g/mol. The Labute approximate surface area is 433 Å². The average Bonchev–Trinajstić information content (AvgIpc) is 4.16. The van der Waals surface area contributed by atoms with E-state index in [1.807, 2.05) is 49.0 Å². The van der Waals surface area contributed by atoms with Gasteiger partial charge >= 0.3 is 6.03 Å². The van der Waals surface area contributed by atoms with Gasteiger partial charge in [-0.1, -0.05) is 54.9 Å². The number of amides is 5. The summed E-state index contributed by atoms with van der Waals surface area (Å²) in [4.78, 5) is 58.1. The minimum Gasteiger partial charge on any atom is -0.488 e. The number of aliphatic hydroxyl groups is 1. The van der Waals surface area contributed by atoms with Gasteiger partial charge in [0.05, 0.1) is 28.1 Å². The number of hydrogen-bond donors (Lipinski definition) is 4. The quantitative estimate of drug-likeness (QED) is 0.0850. The number of imide groups is 1. The minimum absolute atomic E-state index is 0.0395. The maximum Gasteiger partial charge on any atom is 0.329 e. The van der Waals surface area contributed by atoms with E-state index in [0.29, 0.717) is 42.9 Å². The number of piperidine rings is 2. The van der Waals surface area contributed by atoms with Crippen LogP contribution >= 0.6 is 11.6 Å². The van der Waals surface area contributed by atoms with Crippen molar-refractivity contribution in [2.75, 3.05) is 57.4 Å². The van der Waals surface area contributed by atoms with Crippen LogP contribution in [0.1, 0.15) is 116 Å². The van der Waals surface area contributed by atoms with Gasteiger partial charge in [0.2, 0.25) is 17.7 Å². The van der Waals surface area contributed by atoms with Crippen molar-refractivity contribution in [3.8, 4) is 22.6 Å². The van der Waals surface area contributed by atoms with Crippen LogP contribution in [0.4, 0.5) is 19.4 Å². The fourth-order valence-electron chi connectivity index (χ4n) is 13.7. The molecule has 5 heterocycles. The molecule has 0 radical (unpaired) electrons. The van der Waals surface area contributed by atoms with Crippen molar-refractivity contribution in [2.24, 2.45) is 18.2 Å². The van der Waals surface area contributed by atoms with E-state index in [9.17, 15) is 24.3 Å². The molecular weight excluding hydrogens is 970 g/mol. The molecule has 4 aliphatic heterocycles. The fraction of sp³-hybridized carbons (Fsp3) is 0.482. The number of aromatic nitrogens is 2. The summed E-state index contributed by atoms with van der Waals surface area (Å²) in [7, 11) is 1.89. The number of hydrogen-bond acceptors (Lipinski definition) is 10. The van der Waals surface area contributed by atoms with E-state index < -0.39 is 40.5 Å². The van der Waals surface area contributed by atoms with Gasteiger partial charge in [0.15, 0.2) is 17.4 Å². The number of aryl methyl sites for hydroxylation is 1. The first kappa shape index (κ1) is 50.0. The number of halogens is 3. The van der Waals surface area contributed by atoms with Gasteiger partial charge in [0.1, 0.15) is 23.8 Å². The Morgan fingerprint density at radius 2 is 1.70 bits per heavy atom. The van der Waals surface area contributed by atoms with Gasteiger partial charge in [0.25, 0.3) is 0 Å². The summed E-state index contributed by atoms with van der Waals surface area (Å²) in [5, 5.41) is 20.9. The topological polar surface area (TPSA) is 185 Å². The van der Waals surface area contributed by atoms with Crippen LogP contribution in [0.25, 0.3) is 22.0 Å². The van der Waals surface area contributed by atoms with Crippen molar-refractivity contribution in [2.45, 2.75) is 107 Å². The third kappa shape index (κ3) is 8.56. The number of nitrogens with two attached hydrogens (primary N) is 1. The molecule has 2 aliphatic carbocycles. The van der Waals surface area contributed by atoms with Crippen LogP contribution in [0.2, 0.25) is 5.02 Å². The highest BCUT2D eigenvalue weighted by molar-refractivity contribution is 6.34. The second-order valence-electron chi connectivity index (χ2n) is 21.5. The number of benzene rings is 4. The molecular formula is C56H63ClF2N8O7. The number of nitrogens with zero attached hydrogens (tertiary/aromatic N) is 5. The molecule has 2 atom stereocenters. The Hall–Kier alpha value is -6.14. The summed E-state index contributed by atoms with van der Waals surface area (Å²) in [5.41, 5.74) is 7.05. The first-order valence-corrected chi connectivity index (χ1v) is 26.5. The van der Waals surface area contributed by atoms with E-state index in [-0.39, 0.29) is 70.2 Å². The highest BCUT2D eigenvalue weighted by Crippen LogP contribution is 2.60. The molecule has 5 fully saturated rings. The van der Waals surface area contributed by atoms with Crippen LogP contribution in [0, 0.1) is 17.0 Å². The summed E-state index contributed by atoms with van der Waals surface area (Å²) in [6, 6.07) is 19.9. The summed E-state index contributed by atoms with van der Waals surface area (Å²) in [5.74, 6) is -2.37. The predicted molar refractivity (Wildman–Crippen MR) is 275 cm³/mol. The van der Waals surface area contributed by atoms with Gasteiger partial charge in [-0.3, -0.25) is 29.3 Å². The van der Waals surface area contributed by atoms with Gasteiger partial charge in [0, 0.05) is 85.2 Å². The first-order chi connectivity index (χ1) is 35.6. The van der Waals surface area contributed by atoms with Crippen LogP contribution in [0.15, 0.2) is 66.7 Å². The van der Waals surface area contributed by atoms with Gasteiger partial charge in [-0.15, -0.1) is 0 Å². The molecule has 2 saturated carbocycles. The normalized spacial score (nSPS) is 25.4. The van der Waals surface area contributed by atoms with E-state index in [1.54, 1.807) is 4.90 Å². The predicted octanol–water partition coefficient (Wildman–Crippen LogP) is 8.03. The Kier molecular flexibility index (Phi) is 13.2. The third-order valence-corrected chi connectivity index (χ3v) is 18.0. The van der Waals surface area contributed by atoms with Crippen molar-refractivity contribution in [1.29, 1.82) is 0 Å². The zero-order valence-electron chi connectivity index (χ0n) is 41.9. The van der Waals surface area contributed by atoms with Gasteiger partial charge < -0.3 is 35.4 Å². The molecule has 0 unspecified atom stereocenters. The zero-order valence-corrected chi connectivity index (χ0v) is 42.6. The number of rotatable bonds is 14. The molecule has 11 rings (SSSR count). The number of aliphatic hydroxyl groups excluding tert-OH is 1. The van der Waals surface area contributed by atoms with Gasteiger partial charge in [-0.05, 0) is 119 Å². The van der Waals surface area contributed by atoms with E-state index in [0.717, 1.165) is 100 Å². The smallest absolute Gasteiger partial charge is 0.329 e. The molecule has 5 aromatic rings. The molecule has 0 spiro atoms. The molecule has 4 aromatic carbocycles. The molecule has 18 heteroatoms. The van der Waals surface area contributed by atoms with Crippen molar-refractivity contribution in [1.82, 2.24) is 30.2 Å². The lowest BCUT2D eigenvalue weighted by atomic mass is 9.75. The van der Waals surface area contributed by atoms with Crippen molar-refractivity contribution >= 4 is 52.1 Å². The molecule has 3 saturated heterocycles. The van der Waals surface area contributed by atoms with E-state index in [2.05, 4.69) is 43.7 Å². The molecule has 5 N–H and O–H groups in total. The first-order valence-electron chi connectivity index (χ1n) is 26.1. The molecule has 1 aromatic heterocycles. The Morgan fingerprint density at radius 1 is 0.959 bits per heavy atom. The SMILES string of the molecule is C[C@H]1c2c(cc(F)c(Cl)c2-c2c(C(N)=O)ccc(OCCO)c2F)O[C@]1(CCNC12CCC(C(=O)N3CCC(N4CCC(c5ccc6c(N7CCC(=O)NC7=O)nn(C)c6c5)CC4)CC3)(CC1)C2)c1ccccc1. The van der Waals surface area contributed by atoms with E-state index in [4.69, 9.17) is 26.8 Å². The van der Waals surface area contributed by atoms with Crippen LogP contribution in [-0.4, -0.2) is 113 Å². The summed E-state index contributed by atoms with van der Waals surface area (Å²) in [6.45, 7) is 5.66. The number of carbonyl (C=O) groups is 4. The largest absolute Gasteiger partial charge is 0.488 e. The van der Waals surface area contributed by atoms with Crippen LogP contribution in [-0.2, 0) is 22.2 Å². The van der Waals surface area contributed by atoms with Crippen LogP contribution in [0.5, 0.6) is 11.5 Å². The third-order valence-electron chi connectivity index (χ3n) is 17.6. The molecule has 6 aliphatic rings. The fourth-order valence-corrected chi connectivity index (χ4v) is 14.0. The molecule has 2 bridgehead atoms. The number of ether oxygens (including phenoxy) is 2. The average molecular weight is 1030 g/mol. The number of fused-ring (bicyclic) bond motifs is 4. The lowest BCUT2D eigenvalue weighted by Gasteiger charge is -2.43. The zero-order chi connectivity index (χ0) is 51.7. The van der Waals surface area contributed by atoms with Crippen molar-refractivity contribution in [3.63, 3.8) is 0 Å². The lowest BCUT2D eigenvalue weighted by molar-refractivity contribution is -0.143. The number of nitrogens with one attached hydrogen (secondary N) is 2. The van der Waals surface area contributed by atoms with Crippen LogP contribution < -0.4 is 30.7 Å². The maximum absolute atomic E-state index is 16.6. The lowest BCUT2D eigenvalue weighted by Crippen LogP contribution is -2.51. The molecule has 390 valence electrons. The minimum atomic E-state index is -1.06. The number of likely N-dealkylation sites (tertiary alicyclic amines) is 2.